The van der Waals surface area contributed by atoms with Gasteiger partial charge in [0.05, 0.1) is 12.2 Å². The molecule has 1 amide bonds. The minimum Gasteiger partial charge on any atom is -0.507 e. The molecule has 4 heterocycles. The zero-order valence-corrected chi connectivity index (χ0v) is 27.6. The number of fused-ring (bicyclic) bond motifs is 1. The van der Waals surface area contributed by atoms with Gasteiger partial charge in [0.25, 0.3) is 0 Å². The number of ether oxygens (including phenoxy) is 2. The van der Waals surface area contributed by atoms with Crippen molar-refractivity contribution in [3.05, 3.63) is 42.2 Å². The number of piperidine rings is 1. The van der Waals surface area contributed by atoms with Gasteiger partial charge in [-0.05, 0) is 71.3 Å². The first-order valence-corrected chi connectivity index (χ1v) is 16.2. The maximum Gasteiger partial charge on any atom is 0.410 e. The Hall–Kier alpha value is -4.12. The molecular weight excluding hydrogens is 587 g/mol. The lowest BCUT2D eigenvalue weighted by atomic mass is 9.72. The number of carbonyl (C=O) groups excluding carboxylic acids is 1. The molecule has 3 fully saturated rings. The molecule has 10 nitrogen and oxygen atoms in total. The molecule has 246 valence electrons. The first kappa shape index (κ1) is 31.8. The van der Waals surface area contributed by atoms with Crippen LogP contribution in [0.25, 0.3) is 28.1 Å². The summed E-state index contributed by atoms with van der Waals surface area (Å²) in [5, 5.41) is 11.6. The number of nitrogens with zero attached hydrogens (tertiary/aromatic N) is 6. The highest BCUT2D eigenvalue weighted by molar-refractivity contribution is 6.03. The maximum atomic E-state index is 15.4. The summed E-state index contributed by atoms with van der Waals surface area (Å²) in [7, 11) is 2.11. The van der Waals surface area contributed by atoms with Crippen LogP contribution < -0.4 is 14.5 Å². The van der Waals surface area contributed by atoms with Crippen LogP contribution in [0.15, 0.2) is 30.8 Å². The summed E-state index contributed by atoms with van der Waals surface area (Å²) in [4.78, 5) is 31.5. The summed E-state index contributed by atoms with van der Waals surface area (Å²) in [5.74, 6) is 1.06. The van der Waals surface area contributed by atoms with Crippen LogP contribution in [-0.4, -0.2) is 103 Å². The van der Waals surface area contributed by atoms with E-state index < -0.39 is 11.4 Å². The van der Waals surface area contributed by atoms with Gasteiger partial charge in [0.15, 0.2) is 5.75 Å². The number of rotatable bonds is 6. The molecule has 1 N–H and O–H groups in total. The number of phenols is 1. The number of amides is 1. The lowest BCUT2D eigenvalue weighted by Crippen LogP contribution is -2.62. The van der Waals surface area contributed by atoms with Crippen LogP contribution in [0.4, 0.5) is 21.0 Å². The fourth-order valence-electron chi connectivity index (χ4n) is 6.81. The van der Waals surface area contributed by atoms with Crippen LogP contribution in [0.1, 0.15) is 46.1 Å². The van der Waals surface area contributed by atoms with Crippen molar-refractivity contribution < 1.29 is 23.8 Å². The molecule has 3 aromatic rings. The van der Waals surface area contributed by atoms with Crippen molar-refractivity contribution in [3.8, 4) is 22.6 Å². The predicted molar refractivity (Wildman–Crippen MR) is 179 cm³/mol. The maximum absolute atomic E-state index is 15.4. The number of benzene rings is 2. The smallest absolute Gasteiger partial charge is 0.410 e. The number of aromatic hydroxyl groups is 1. The molecule has 3 saturated heterocycles. The van der Waals surface area contributed by atoms with E-state index in [9.17, 15) is 9.90 Å². The van der Waals surface area contributed by atoms with Crippen LogP contribution in [0.3, 0.4) is 0 Å². The van der Waals surface area contributed by atoms with Crippen molar-refractivity contribution in [2.75, 3.05) is 75.8 Å². The monoisotopic (exact) mass is 632 g/mol. The van der Waals surface area contributed by atoms with E-state index in [1.165, 1.54) is 18.2 Å². The van der Waals surface area contributed by atoms with Crippen molar-refractivity contribution in [2.45, 2.75) is 46.1 Å². The number of halogens is 1. The van der Waals surface area contributed by atoms with Gasteiger partial charge < -0.3 is 34.2 Å². The highest BCUT2D eigenvalue weighted by Crippen LogP contribution is 2.48. The largest absolute Gasteiger partial charge is 0.507 e. The number of likely N-dealkylation sites (N-methyl/N-ethyl adjacent to an activating group) is 1. The molecule has 6 rings (SSSR count). The lowest BCUT2D eigenvalue weighted by molar-refractivity contribution is -0.0434. The Kier molecular flexibility index (Phi) is 8.47. The van der Waals surface area contributed by atoms with Gasteiger partial charge in [-0.1, -0.05) is 18.7 Å². The number of carbonyl (C=O) groups is 1. The van der Waals surface area contributed by atoms with E-state index in [1.54, 1.807) is 11.0 Å². The van der Waals surface area contributed by atoms with Crippen molar-refractivity contribution >= 4 is 34.8 Å². The first-order chi connectivity index (χ1) is 21.9. The number of aromatic nitrogens is 2. The SMILES string of the molecule is C=Cc1cc2c(N3CCC4(CC3)CN(C(=O)OC(C)(C)C)C4)nc(N3CCN(C)CC3)nc2c(OCC)c1-c1c(O)cccc1F. The second kappa shape index (κ2) is 12.2. The van der Waals surface area contributed by atoms with E-state index >= 15 is 4.39 Å². The van der Waals surface area contributed by atoms with Gasteiger partial charge in [0.1, 0.15) is 28.5 Å². The quantitative estimate of drug-likeness (QED) is 0.363. The summed E-state index contributed by atoms with van der Waals surface area (Å²) < 4.78 is 27.3. The molecule has 0 bridgehead atoms. The molecule has 3 aliphatic heterocycles. The van der Waals surface area contributed by atoms with Gasteiger partial charge in [0, 0.05) is 68.7 Å². The third kappa shape index (κ3) is 6.04. The predicted octanol–water partition coefficient (Wildman–Crippen LogP) is 5.77. The Labute approximate surface area is 270 Å². The molecule has 0 aliphatic carbocycles. The van der Waals surface area contributed by atoms with Crippen molar-refractivity contribution in [3.63, 3.8) is 0 Å². The van der Waals surface area contributed by atoms with Crippen molar-refractivity contribution in [2.24, 2.45) is 5.41 Å². The van der Waals surface area contributed by atoms with Crippen molar-refractivity contribution in [1.82, 2.24) is 19.8 Å². The first-order valence-electron chi connectivity index (χ1n) is 16.2. The van der Waals surface area contributed by atoms with E-state index in [2.05, 4.69) is 28.3 Å². The van der Waals surface area contributed by atoms with Gasteiger partial charge in [-0.25, -0.2) is 14.2 Å². The molecule has 11 heteroatoms. The molecule has 0 unspecified atom stereocenters. The summed E-state index contributed by atoms with van der Waals surface area (Å²) in [5.41, 5.74) is 1.22. The Morgan fingerprint density at radius 3 is 2.37 bits per heavy atom. The Morgan fingerprint density at radius 2 is 1.76 bits per heavy atom. The fraction of sp³-hybridized carbons (Fsp3) is 0.514. The molecular formula is C35H45FN6O4. The lowest BCUT2D eigenvalue weighted by Gasteiger charge is -2.53. The molecule has 1 aromatic heterocycles. The molecule has 0 radical (unpaired) electrons. The summed E-state index contributed by atoms with van der Waals surface area (Å²) in [6, 6.07) is 6.22. The zero-order chi connectivity index (χ0) is 32.8. The molecule has 0 atom stereocenters. The van der Waals surface area contributed by atoms with Crippen LogP contribution in [-0.2, 0) is 4.74 Å². The minimum atomic E-state index is -0.556. The number of hydrogen-bond donors (Lipinski definition) is 1. The average Bonchev–Trinajstić information content (AvgIpc) is 2.99. The van der Waals surface area contributed by atoms with Gasteiger partial charge in [-0.3, -0.25) is 0 Å². The van der Waals surface area contributed by atoms with Crippen LogP contribution in [0.2, 0.25) is 0 Å². The van der Waals surface area contributed by atoms with Gasteiger partial charge in [-0.15, -0.1) is 0 Å². The summed E-state index contributed by atoms with van der Waals surface area (Å²) in [6.07, 6.45) is 3.23. The average molecular weight is 633 g/mol. The zero-order valence-electron chi connectivity index (χ0n) is 27.6. The summed E-state index contributed by atoms with van der Waals surface area (Å²) in [6.45, 7) is 18.1. The number of likely N-dealkylation sites (tertiary alicyclic amines) is 1. The van der Waals surface area contributed by atoms with E-state index in [-0.39, 0.29) is 22.8 Å². The Bertz CT molecular complexity index is 1610. The molecule has 1 spiro atoms. The van der Waals surface area contributed by atoms with Crippen molar-refractivity contribution in [1.29, 1.82) is 0 Å². The van der Waals surface area contributed by atoms with Gasteiger partial charge >= 0.3 is 6.09 Å². The normalized spacial score (nSPS) is 18.5. The van der Waals surface area contributed by atoms with Gasteiger partial charge in [0.2, 0.25) is 5.95 Å². The highest BCUT2D eigenvalue weighted by Gasteiger charge is 2.48. The fourth-order valence-corrected chi connectivity index (χ4v) is 6.81. The molecule has 3 aliphatic rings. The third-order valence-electron chi connectivity index (χ3n) is 9.31. The highest BCUT2D eigenvalue weighted by atomic mass is 19.1. The Balaban J connectivity index is 1.41. The molecule has 0 saturated carbocycles. The second-order valence-electron chi connectivity index (χ2n) is 13.8. The van der Waals surface area contributed by atoms with E-state index in [1.807, 2.05) is 33.8 Å². The van der Waals surface area contributed by atoms with E-state index in [4.69, 9.17) is 19.4 Å². The van der Waals surface area contributed by atoms with Gasteiger partial charge in [-0.2, -0.15) is 4.98 Å². The summed E-state index contributed by atoms with van der Waals surface area (Å²) >= 11 is 0. The van der Waals surface area contributed by atoms with Crippen LogP contribution in [0, 0.1) is 11.2 Å². The standard InChI is InChI=1S/C35H45FN6O4/c1-7-23-20-24-29(30(45-8-2)27(23)28-25(36)10-9-11-26(28)43)37-32(41-18-16-39(6)17-19-41)38-31(24)40-14-12-35(13-15-40)21-42(22-35)33(44)46-34(3,4)5/h7,9-11,20,43H,1,8,12-19,21-22H2,2-6H3. The topological polar surface area (TPSA) is 94.5 Å². The minimum absolute atomic E-state index is 0.0588. The van der Waals surface area contributed by atoms with E-state index in [0.717, 1.165) is 63.3 Å². The van der Waals surface area contributed by atoms with Crippen LogP contribution in [0.5, 0.6) is 11.5 Å². The number of phenolic OH excluding ortho intramolecular Hbond substituents is 1. The number of anilines is 2. The molecule has 46 heavy (non-hydrogen) atoms. The third-order valence-corrected chi connectivity index (χ3v) is 9.31. The second-order valence-corrected chi connectivity index (χ2v) is 13.8. The van der Waals surface area contributed by atoms with E-state index in [0.29, 0.717) is 48.0 Å². The number of piperazine rings is 1. The Morgan fingerprint density at radius 1 is 1.07 bits per heavy atom. The number of hydrogen-bond acceptors (Lipinski definition) is 9. The van der Waals surface area contributed by atoms with Crippen LogP contribution >= 0.6 is 0 Å². The molecule has 2 aromatic carbocycles.